The van der Waals surface area contributed by atoms with Crippen LogP contribution < -0.4 is 0 Å². The van der Waals surface area contributed by atoms with E-state index in [4.69, 9.17) is 0 Å². The van der Waals surface area contributed by atoms with Gasteiger partial charge in [-0.2, -0.15) is 0 Å². The molecule has 0 aliphatic heterocycles. The van der Waals surface area contributed by atoms with E-state index >= 15 is 0 Å². The van der Waals surface area contributed by atoms with E-state index in [2.05, 4.69) is 13.8 Å². The summed E-state index contributed by atoms with van der Waals surface area (Å²) in [6.45, 7) is 6.02. The highest BCUT2D eigenvalue weighted by molar-refractivity contribution is 5.03. The molecule has 1 fully saturated rings. The molecule has 4 atom stereocenters. The third kappa shape index (κ3) is 3.30. The minimum atomic E-state index is -0.456. The van der Waals surface area contributed by atoms with Gasteiger partial charge in [0.05, 0.1) is 12.2 Å². The number of aliphatic hydroxyl groups excluding tert-OH is 3. The van der Waals surface area contributed by atoms with Gasteiger partial charge in [-0.1, -0.05) is 26.0 Å². The molecule has 0 radical (unpaired) electrons. The summed E-state index contributed by atoms with van der Waals surface area (Å²) in [5, 5.41) is 28.4. The lowest BCUT2D eigenvalue weighted by Crippen LogP contribution is -2.41. The molecule has 0 aromatic carbocycles. The Hall–Kier alpha value is -0.380. The average molecular weight is 228 g/mol. The van der Waals surface area contributed by atoms with Crippen molar-refractivity contribution in [1.29, 1.82) is 0 Å². The second-order valence-electron chi connectivity index (χ2n) is 5.68. The number of hydrogen-bond acceptors (Lipinski definition) is 3. The molecule has 0 bridgehead atoms. The maximum absolute atomic E-state index is 9.76. The van der Waals surface area contributed by atoms with Crippen molar-refractivity contribution in [3.05, 3.63) is 12.2 Å². The third-order valence-corrected chi connectivity index (χ3v) is 3.58. The molecule has 16 heavy (non-hydrogen) atoms. The summed E-state index contributed by atoms with van der Waals surface area (Å²) < 4.78 is 0. The molecule has 0 aromatic rings. The number of hydrogen-bond donors (Lipinski definition) is 3. The minimum Gasteiger partial charge on any atom is -0.396 e. The van der Waals surface area contributed by atoms with Crippen molar-refractivity contribution < 1.29 is 15.3 Å². The lowest BCUT2D eigenvalue weighted by molar-refractivity contribution is -0.0172. The van der Waals surface area contributed by atoms with Crippen molar-refractivity contribution in [2.75, 3.05) is 6.61 Å². The monoisotopic (exact) mass is 228 g/mol. The van der Waals surface area contributed by atoms with E-state index in [0.29, 0.717) is 6.42 Å². The molecule has 3 heteroatoms. The van der Waals surface area contributed by atoms with E-state index in [1.54, 1.807) is 13.0 Å². The smallest absolute Gasteiger partial charge is 0.0692 e. The predicted molar refractivity (Wildman–Crippen MR) is 63.9 cm³/mol. The van der Waals surface area contributed by atoms with Crippen LogP contribution in [0.5, 0.6) is 0 Å². The molecule has 94 valence electrons. The van der Waals surface area contributed by atoms with E-state index in [0.717, 1.165) is 6.42 Å². The number of aliphatic hydroxyl groups is 3. The van der Waals surface area contributed by atoms with Crippen molar-refractivity contribution in [2.45, 2.75) is 45.8 Å². The van der Waals surface area contributed by atoms with Crippen LogP contribution in [0.3, 0.4) is 0 Å². The fourth-order valence-electron chi connectivity index (χ4n) is 2.85. The molecule has 0 aromatic heterocycles. The molecule has 0 spiro atoms. The maximum atomic E-state index is 9.76. The van der Waals surface area contributed by atoms with Gasteiger partial charge < -0.3 is 15.3 Å². The fourth-order valence-corrected chi connectivity index (χ4v) is 2.85. The SMILES string of the molecule is C[C@@H](O)/C=C/[C@@H]1[C@H](CO)C[C@H](O)CC1(C)C. The van der Waals surface area contributed by atoms with E-state index < -0.39 is 6.10 Å². The van der Waals surface area contributed by atoms with Crippen molar-refractivity contribution in [3.63, 3.8) is 0 Å². The first-order chi connectivity index (χ1) is 7.36. The van der Waals surface area contributed by atoms with Gasteiger partial charge in [0.15, 0.2) is 0 Å². The summed E-state index contributed by atoms with van der Waals surface area (Å²) in [4.78, 5) is 0. The standard InChI is InChI=1S/C13H24O3/c1-9(15)4-5-12-10(8-14)6-11(16)7-13(12,2)3/h4-5,9-12,14-16H,6-8H2,1-3H3/b5-4+/t9-,10+,11+,12-/m1/s1. The largest absolute Gasteiger partial charge is 0.396 e. The molecular weight excluding hydrogens is 204 g/mol. The summed E-state index contributed by atoms with van der Waals surface area (Å²) in [6, 6.07) is 0. The van der Waals surface area contributed by atoms with Gasteiger partial charge >= 0.3 is 0 Å². The summed E-state index contributed by atoms with van der Waals surface area (Å²) in [5.41, 5.74) is -0.0313. The minimum absolute atomic E-state index is 0.0313. The van der Waals surface area contributed by atoms with E-state index in [-0.39, 0.29) is 30.0 Å². The molecule has 3 N–H and O–H groups in total. The Kier molecular flexibility index (Phi) is 4.53. The summed E-state index contributed by atoms with van der Waals surface area (Å²) in [5.74, 6) is 0.309. The van der Waals surface area contributed by atoms with Crippen LogP contribution in [-0.4, -0.2) is 34.1 Å². The first-order valence-corrected chi connectivity index (χ1v) is 6.02. The second kappa shape index (κ2) is 5.30. The Morgan fingerprint density at radius 1 is 1.44 bits per heavy atom. The molecule has 1 aliphatic carbocycles. The Morgan fingerprint density at radius 3 is 2.56 bits per heavy atom. The van der Waals surface area contributed by atoms with E-state index in [1.807, 2.05) is 6.08 Å². The Morgan fingerprint density at radius 2 is 2.06 bits per heavy atom. The highest BCUT2D eigenvalue weighted by Gasteiger charge is 2.40. The van der Waals surface area contributed by atoms with Crippen molar-refractivity contribution in [2.24, 2.45) is 17.3 Å². The van der Waals surface area contributed by atoms with Gasteiger partial charge in [0.2, 0.25) is 0 Å². The highest BCUT2D eigenvalue weighted by Crippen LogP contribution is 2.44. The molecule has 1 aliphatic rings. The summed E-state index contributed by atoms with van der Waals surface area (Å²) in [6.07, 6.45) is 4.39. The van der Waals surface area contributed by atoms with Crippen LogP contribution in [0.1, 0.15) is 33.6 Å². The highest BCUT2D eigenvalue weighted by atomic mass is 16.3. The second-order valence-corrected chi connectivity index (χ2v) is 5.68. The third-order valence-electron chi connectivity index (χ3n) is 3.58. The Balaban J connectivity index is 2.82. The average Bonchev–Trinajstić information content (AvgIpc) is 2.13. The Bertz CT molecular complexity index is 246. The molecule has 0 amide bonds. The Labute approximate surface area is 97.8 Å². The van der Waals surface area contributed by atoms with Crippen LogP contribution in [-0.2, 0) is 0 Å². The van der Waals surface area contributed by atoms with Gasteiger partial charge in [0.1, 0.15) is 0 Å². The number of allylic oxidation sites excluding steroid dienone is 1. The van der Waals surface area contributed by atoms with Crippen molar-refractivity contribution >= 4 is 0 Å². The molecule has 0 saturated heterocycles. The van der Waals surface area contributed by atoms with E-state index in [9.17, 15) is 15.3 Å². The number of rotatable bonds is 3. The molecule has 1 rings (SSSR count). The zero-order valence-electron chi connectivity index (χ0n) is 10.4. The lowest BCUT2D eigenvalue weighted by atomic mass is 9.63. The normalized spacial score (nSPS) is 36.5. The molecule has 1 saturated carbocycles. The zero-order chi connectivity index (χ0) is 12.3. The van der Waals surface area contributed by atoms with Crippen molar-refractivity contribution in [3.8, 4) is 0 Å². The van der Waals surface area contributed by atoms with Gasteiger partial charge in [-0.15, -0.1) is 0 Å². The fraction of sp³-hybridized carbons (Fsp3) is 0.846. The first kappa shape index (κ1) is 13.7. The van der Waals surface area contributed by atoms with Crippen molar-refractivity contribution in [1.82, 2.24) is 0 Å². The maximum Gasteiger partial charge on any atom is 0.0692 e. The summed E-state index contributed by atoms with van der Waals surface area (Å²) >= 11 is 0. The topological polar surface area (TPSA) is 60.7 Å². The quantitative estimate of drug-likeness (QED) is 0.639. The van der Waals surface area contributed by atoms with Gasteiger partial charge in [-0.3, -0.25) is 0 Å². The van der Waals surface area contributed by atoms with Crippen LogP contribution in [0.25, 0.3) is 0 Å². The predicted octanol–water partition coefficient (Wildman–Crippen LogP) is 1.33. The lowest BCUT2D eigenvalue weighted by Gasteiger charge is -2.44. The van der Waals surface area contributed by atoms with Crippen LogP contribution in [0.15, 0.2) is 12.2 Å². The van der Waals surface area contributed by atoms with Crippen LogP contribution in [0.4, 0.5) is 0 Å². The molecule has 0 unspecified atom stereocenters. The van der Waals surface area contributed by atoms with Gasteiger partial charge in [0, 0.05) is 6.61 Å². The van der Waals surface area contributed by atoms with Crippen LogP contribution >= 0.6 is 0 Å². The summed E-state index contributed by atoms with van der Waals surface area (Å²) in [7, 11) is 0. The van der Waals surface area contributed by atoms with Crippen LogP contribution in [0.2, 0.25) is 0 Å². The first-order valence-electron chi connectivity index (χ1n) is 6.02. The molecule has 0 heterocycles. The zero-order valence-corrected chi connectivity index (χ0v) is 10.4. The van der Waals surface area contributed by atoms with Gasteiger partial charge in [-0.05, 0) is 37.0 Å². The van der Waals surface area contributed by atoms with Gasteiger partial charge in [0.25, 0.3) is 0 Å². The van der Waals surface area contributed by atoms with Gasteiger partial charge in [-0.25, -0.2) is 0 Å². The molecular formula is C13H24O3. The van der Waals surface area contributed by atoms with E-state index in [1.165, 1.54) is 0 Å². The van der Waals surface area contributed by atoms with Crippen LogP contribution in [0, 0.1) is 17.3 Å². The molecule has 3 nitrogen and oxygen atoms in total.